The number of imidazole rings is 1. The van der Waals surface area contributed by atoms with E-state index in [1.165, 1.54) is 17.0 Å². The summed E-state index contributed by atoms with van der Waals surface area (Å²) in [5, 5.41) is 0. The molecule has 7 nitrogen and oxygen atoms in total. The van der Waals surface area contributed by atoms with Crippen LogP contribution in [0, 0.1) is 17.2 Å². The van der Waals surface area contributed by atoms with E-state index in [2.05, 4.69) is 61.3 Å². The molecule has 128 valence electrons. The van der Waals surface area contributed by atoms with Crippen molar-refractivity contribution in [2.45, 2.75) is 46.5 Å². The maximum atomic E-state index is 8.49. The first-order chi connectivity index (χ1) is 10.5. The fraction of sp³-hybridized carbons (Fsp3) is 0.467. The Morgan fingerprint density at radius 3 is 1.74 bits per heavy atom. The van der Waals surface area contributed by atoms with E-state index < -0.39 is 10.2 Å². The van der Waals surface area contributed by atoms with E-state index in [1.54, 1.807) is 6.20 Å². The molecule has 0 fully saturated rings. The predicted octanol–water partition coefficient (Wildman–Crippen LogP) is -1.51. The minimum Gasteiger partial charge on any atom is -0.245 e. The van der Waals surface area contributed by atoms with Crippen molar-refractivity contribution in [1.29, 1.82) is 0 Å². The van der Waals surface area contributed by atoms with Gasteiger partial charge in [-0.15, -0.1) is 10.2 Å². The Kier molecular flexibility index (Phi) is 6.67. The van der Waals surface area contributed by atoms with Gasteiger partial charge in [0, 0.05) is 11.8 Å². The van der Waals surface area contributed by atoms with Gasteiger partial charge >= 0.3 is 5.95 Å². The SMILES string of the molecule is Cc1cc(C(C)C)[n+](-c2ncc[nH]2)c(C(C)C)c1.[O-][Cl+3]([O-])([O-])[O-]. The number of H-pyrrole nitrogens is 1. The zero-order chi connectivity index (χ0) is 17.8. The van der Waals surface area contributed by atoms with Crippen LogP contribution in [0.25, 0.3) is 5.95 Å². The average Bonchev–Trinajstić information content (AvgIpc) is 2.89. The molecule has 0 radical (unpaired) electrons. The third-order valence-electron chi connectivity index (χ3n) is 3.15. The monoisotopic (exact) mass is 343 g/mol. The molecular weight excluding hydrogens is 322 g/mol. The summed E-state index contributed by atoms with van der Waals surface area (Å²) in [6, 6.07) is 4.50. The van der Waals surface area contributed by atoms with Crippen LogP contribution in [-0.2, 0) is 0 Å². The number of pyridine rings is 1. The summed E-state index contributed by atoms with van der Waals surface area (Å²) in [5.74, 6) is 1.84. The predicted molar refractivity (Wildman–Crippen MR) is 73.0 cm³/mol. The minimum atomic E-state index is -4.94. The van der Waals surface area contributed by atoms with Crippen LogP contribution in [0.5, 0.6) is 0 Å². The quantitative estimate of drug-likeness (QED) is 0.678. The van der Waals surface area contributed by atoms with Crippen LogP contribution in [0.1, 0.15) is 56.5 Å². The van der Waals surface area contributed by atoms with E-state index in [9.17, 15) is 0 Å². The molecule has 0 spiro atoms. The van der Waals surface area contributed by atoms with Crippen LogP contribution in [0.2, 0.25) is 0 Å². The Morgan fingerprint density at radius 1 is 1.00 bits per heavy atom. The third-order valence-corrected chi connectivity index (χ3v) is 3.15. The molecule has 8 heteroatoms. The molecule has 1 N–H and O–H groups in total. The summed E-state index contributed by atoms with van der Waals surface area (Å²) < 4.78 is 36.2. The Morgan fingerprint density at radius 2 is 1.43 bits per heavy atom. The second-order valence-electron chi connectivity index (χ2n) is 5.82. The van der Waals surface area contributed by atoms with Gasteiger partial charge in [-0.25, -0.2) is 28.2 Å². The van der Waals surface area contributed by atoms with E-state index in [0.29, 0.717) is 11.8 Å². The zero-order valence-electron chi connectivity index (χ0n) is 13.9. The first-order valence-corrected chi connectivity index (χ1v) is 8.42. The molecule has 0 aliphatic rings. The Bertz CT molecular complexity index is 587. The Labute approximate surface area is 138 Å². The highest BCUT2D eigenvalue weighted by Crippen LogP contribution is 2.19. The first-order valence-electron chi connectivity index (χ1n) is 7.18. The summed E-state index contributed by atoms with van der Waals surface area (Å²) in [6.07, 6.45) is 3.67. The van der Waals surface area contributed by atoms with E-state index in [-0.39, 0.29) is 0 Å². The second-order valence-corrected chi connectivity index (χ2v) is 6.57. The Hall–Kier alpha value is -1.51. The van der Waals surface area contributed by atoms with Gasteiger partial charge in [-0.05, 0) is 24.6 Å². The van der Waals surface area contributed by atoms with Crippen molar-refractivity contribution in [3.05, 3.63) is 41.5 Å². The molecule has 2 aromatic heterocycles. The molecule has 23 heavy (non-hydrogen) atoms. The van der Waals surface area contributed by atoms with Crippen LogP contribution < -0.4 is 23.2 Å². The molecule has 0 amide bonds. The van der Waals surface area contributed by atoms with E-state index in [0.717, 1.165) is 5.95 Å². The summed E-state index contributed by atoms with van der Waals surface area (Å²) in [6.45, 7) is 11.0. The average molecular weight is 344 g/mol. The molecule has 0 unspecified atom stereocenters. The number of hydrogen-bond donors (Lipinski definition) is 1. The summed E-state index contributed by atoms with van der Waals surface area (Å²) in [7, 11) is -4.94. The van der Waals surface area contributed by atoms with E-state index in [4.69, 9.17) is 18.6 Å². The third kappa shape index (κ3) is 6.25. The maximum Gasteiger partial charge on any atom is 0.401 e. The van der Waals surface area contributed by atoms with Crippen LogP contribution in [-0.4, -0.2) is 9.97 Å². The Balaban J connectivity index is 0.000000463. The van der Waals surface area contributed by atoms with Gasteiger partial charge in [0.15, 0.2) is 0 Å². The van der Waals surface area contributed by atoms with Crippen molar-refractivity contribution in [2.75, 3.05) is 0 Å². The zero-order valence-corrected chi connectivity index (χ0v) is 14.6. The van der Waals surface area contributed by atoms with Crippen LogP contribution in [0.3, 0.4) is 0 Å². The van der Waals surface area contributed by atoms with Crippen molar-refractivity contribution in [3.63, 3.8) is 0 Å². The number of halogens is 1. The summed E-state index contributed by atoms with van der Waals surface area (Å²) in [4.78, 5) is 7.62. The highest BCUT2D eigenvalue weighted by atomic mass is 35.7. The van der Waals surface area contributed by atoms with E-state index in [1.807, 2.05) is 6.20 Å². The lowest BCUT2D eigenvalue weighted by Crippen LogP contribution is -2.68. The number of nitrogens with one attached hydrogen (secondary N) is 1. The maximum absolute atomic E-state index is 8.49. The van der Waals surface area contributed by atoms with Crippen molar-refractivity contribution >= 4 is 0 Å². The van der Waals surface area contributed by atoms with Crippen molar-refractivity contribution in [1.82, 2.24) is 9.97 Å². The molecule has 0 bridgehead atoms. The van der Waals surface area contributed by atoms with Gasteiger partial charge in [0.1, 0.15) is 6.20 Å². The highest BCUT2D eigenvalue weighted by Gasteiger charge is 2.21. The molecule has 0 aliphatic carbocycles. The lowest BCUT2D eigenvalue weighted by atomic mass is 10.0. The van der Waals surface area contributed by atoms with Crippen LogP contribution in [0.15, 0.2) is 24.5 Å². The lowest BCUT2D eigenvalue weighted by Gasteiger charge is -2.17. The molecular formula is C15H22ClN3O4. The highest BCUT2D eigenvalue weighted by molar-refractivity contribution is 5.20. The number of hydrogen-bond acceptors (Lipinski definition) is 5. The molecule has 0 saturated heterocycles. The molecule has 0 saturated carbocycles. The molecule has 0 aromatic carbocycles. The number of rotatable bonds is 3. The lowest BCUT2D eigenvalue weighted by molar-refractivity contribution is -2.00. The van der Waals surface area contributed by atoms with Crippen molar-refractivity contribution in [2.24, 2.45) is 0 Å². The number of aromatic amines is 1. The second kappa shape index (κ2) is 7.85. The van der Waals surface area contributed by atoms with Gasteiger partial charge in [-0.1, -0.05) is 32.7 Å². The van der Waals surface area contributed by atoms with Gasteiger partial charge < -0.3 is 0 Å². The van der Waals surface area contributed by atoms with Gasteiger partial charge in [-0.2, -0.15) is 0 Å². The van der Waals surface area contributed by atoms with Gasteiger partial charge in [0.05, 0.1) is 17.6 Å². The molecule has 0 atom stereocenters. The van der Waals surface area contributed by atoms with Crippen molar-refractivity contribution in [3.8, 4) is 5.95 Å². The minimum absolute atomic E-state index is 0.465. The molecule has 2 aromatic rings. The van der Waals surface area contributed by atoms with E-state index >= 15 is 0 Å². The number of nitrogens with zero attached hydrogens (tertiary/aromatic N) is 2. The number of aryl methyl sites for hydroxylation is 1. The number of aromatic nitrogens is 3. The van der Waals surface area contributed by atoms with Gasteiger partial charge in [0.25, 0.3) is 0 Å². The largest absolute Gasteiger partial charge is 0.401 e. The topological polar surface area (TPSA) is 125 Å². The first kappa shape index (κ1) is 19.5. The standard InChI is InChI=1S/C15H22N3.ClHO4/c1-10(2)13-8-12(5)9-14(11(3)4)18(13)15-16-6-7-17-15;2-1(3,4)5/h6-11H,1-5H3,(H,16,17);(H,2,3,4,5)/q+1;/p-1. The summed E-state index contributed by atoms with van der Waals surface area (Å²) >= 11 is 0. The van der Waals surface area contributed by atoms with Crippen LogP contribution >= 0.6 is 0 Å². The molecule has 0 aliphatic heterocycles. The van der Waals surface area contributed by atoms with Gasteiger partial charge in [-0.3, -0.25) is 0 Å². The smallest absolute Gasteiger partial charge is 0.245 e. The molecule has 2 rings (SSSR count). The fourth-order valence-electron chi connectivity index (χ4n) is 2.26. The summed E-state index contributed by atoms with van der Waals surface area (Å²) in [5.41, 5.74) is 3.91. The van der Waals surface area contributed by atoms with Gasteiger partial charge in [0.2, 0.25) is 0 Å². The normalized spacial score (nSPS) is 11.6. The van der Waals surface area contributed by atoms with Crippen molar-refractivity contribution < 1.29 is 33.4 Å². The fourth-order valence-corrected chi connectivity index (χ4v) is 2.26. The van der Waals surface area contributed by atoms with Crippen LogP contribution in [0.4, 0.5) is 0 Å². The molecule has 2 heterocycles.